The summed E-state index contributed by atoms with van der Waals surface area (Å²) in [6, 6.07) is 11.5. The van der Waals surface area contributed by atoms with E-state index in [9.17, 15) is 9.65 Å². The highest BCUT2D eigenvalue weighted by molar-refractivity contribution is 6.30. The molecule has 0 saturated heterocycles. The molecule has 0 amide bonds. The van der Waals surface area contributed by atoms with E-state index in [1.54, 1.807) is 24.3 Å². The molecular weight excluding hydrogens is 277 g/mol. The van der Waals surface area contributed by atoms with Crippen molar-refractivity contribution in [3.05, 3.63) is 52.8 Å². The first-order valence-electron chi connectivity index (χ1n) is 6.17. The van der Waals surface area contributed by atoms with Crippen LogP contribution in [-0.2, 0) is 0 Å². The highest BCUT2D eigenvalue weighted by Crippen LogP contribution is 2.29. The second-order valence-corrected chi connectivity index (χ2v) is 5.08. The largest absolute Gasteiger partial charge is 0.490 e. The topological polar surface area (TPSA) is 33.0 Å². The minimum absolute atomic E-state index is 0.0171. The molecular formula is C16H13ClFNO. The molecule has 0 aromatic heterocycles. The van der Waals surface area contributed by atoms with Crippen LogP contribution >= 0.6 is 11.6 Å². The molecule has 2 aromatic rings. The first-order chi connectivity index (χ1) is 9.49. The van der Waals surface area contributed by atoms with E-state index in [1.165, 1.54) is 12.1 Å². The zero-order valence-electron chi connectivity index (χ0n) is 11.2. The lowest BCUT2D eigenvalue weighted by atomic mass is 10.0. The van der Waals surface area contributed by atoms with Gasteiger partial charge < -0.3 is 4.74 Å². The standard InChI is InChI=1S/C16H13ClFNO/c1-10(2)20-16-4-3-11(5-13(16)9-19)12-6-14(17)8-15(18)7-12/h3-8,10H,1-2H3. The Morgan fingerprint density at radius 1 is 1.15 bits per heavy atom. The van der Waals surface area contributed by atoms with Crippen molar-refractivity contribution in [3.63, 3.8) is 0 Å². The molecule has 20 heavy (non-hydrogen) atoms. The third-order valence-electron chi connectivity index (χ3n) is 2.66. The monoisotopic (exact) mass is 289 g/mol. The number of nitrogens with zero attached hydrogens (tertiary/aromatic N) is 1. The molecule has 0 bridgehead atoms. The van der Waals surface area contributed by atoms with Gasteiger partial charge in [0.2, 0.25) is 0 Å². The van der Waals surface area contributed by atoms with Gasteiger partial charge in [-0.1, -0.05) is 17.7 Å². The van der Waals surface area contributed by atoms with Crippen LogP contribution in [0.25, 0.3) is 11.1 Å². The van der Waals surface area contributed by atoms with Gasteiger partial charge in [0.1, 0.15) is 17.6 Å². The first kappa shape index (κ1) is 14.4. The highest BCUT2D eigenvalue weighted by Gasteiger charge is 2.09. The van der Waals surface area contributed by atoms with Gasteiger partial charge in [-0.3, -0.25) is 0 Å². The van der Waals surface area contributed by atoms with E-state index in [1.807, 2.05) is 13.8 Å². The third-order valence-corrected chi connectivity index (χ3v) is 2.88. The van der Waals surface area contributed by atoms with Crippen LogP contribution in [0.1, 0.15) is 19.4 Å². The molecule has 2 rings (SSSR count). The molecule has 0 heterocycles. The summed E-state index contributed by atoms with van der Waals surface area (Å²) >= 11 is 5.84. The van der Waals surface area contributed by atoms with Crippen LogP contribution in [-0.4, -0.2) is 6.10 Å². The smallest absolute Gasteiger partial charge is 0.137 e. The fraction of sp³-hybridized carbons (Fsp3) is 0.188. The number of rotatable bonds is 3. The Hall–Kier alpha value is -2.05. The van der Waals surface area contributed by atoms with Crippen molar-refractivity contribution in [1.29, 1.82) is 5.26 Å². The summed E-state index contributed by atoms with van der Waals surface area (Å²) < 4.78 is 18.9. The molecule has 0 saturated carbocycles. The summed E-state index contributed by atoms with van der Waals surface area (Å²) in [5, 5.41) is 9.50. The Kier molecular flexibility index (Phi) is 4.26. The van der Waals surface area contributed by atoms with Crippen molar-refractivity contribution >= 4 is 11.6 Å². The molecule has 0 spiro atoms. The maximum absolute atomic E-state index is 13.4. The number of hydrogen-bond acceptors (Lipinski definition) is 2. The van der Waals surface area contributed by atoms with Crippen molar-refractivity contribution < 1.29 is 9.13 Å². The zero-order chi connectivity index (χ0) is 14.7. The van der Waals surface area contributed by atoms with Crippen molar-refractivity contribution in [2.45, 2.75) is 20.0 Å². The van der Waals surface area contributed by atoms with Crippen molar-refractivity contribution in [2.24, 2.45) is 0 Å². The maximum atomic E-state index is 13.4. The predicted octanol–water partition coefficient (Wildman–Crippen LogP) is 4.80. The van der Waals surface area contributed by atoms with Gasteiger partial charge in [0.15, 0.2) is 0 Å². The van der Waals surface area contributed by atoms with Gasteiger partial charge in [-0.2, -0.15) is 5.26 Å². The molecule has 0 aliphatic heterocycles. The van der Waals surface area contributed by atoms with Gasteiger partial charge in [-0.15, -0.1) is 0 Å². The second-order valence-electron chi connectivity index (χ2n) is 4.65. The summed E-state index contributed by atoms with van der Waals surface area (Å²) in [6.45, 7) is 3.78. The lowest BCUT2D eigenvalue weighted by Gasteiger charge is -2.12. The predicted molar refractivity (Wildman–Crippen MR) is 77.3 cm³/mol. The van der Waals surface area contributed by atoms with Crippen LogP contribution in [0.5, 0.6) is 5.75 Å². The van der Waals surface area contributed by atoms with E-state index in [-0.39, 0.29) is 6.10 Å². The summed E-state index contributed by atoms with van der Waals surface area (Å²) in [7, 11) is 0. The minimum atomic E-state index is -0.409. The molecule has 0 aliphatic carbocycles. The Bertz CT molecular complexity index is 656. The Balaban J connectivity index is 2.46. The van der Waals surface area contributed by atoms with E-state index in [4.69, 9.17) is 16.3 Å². The average molecular weight is 290 g/mol. The highest BCUT2D eigenvalue weighted by atomic mass is 35.5. The Morgan fingerprint density at radius 3 is 2.50 bits per heavy atom. The molecule has 0 atom stereocenters. The normalized spacial score (nSPS) is 10.4. The van der Waals surface area contributed by atoms with Crippen LogP contribution in [0.2, 0.25) is 5.02 Å². The van der Waals surface area contributed by atoms with Crippen LogP contribution in [0.15, 0.2) is 36.4 Å². The average Bonchev–Trinajstić information content (AvgIpc) is 2.37. The summed E-state index contributed by atoms with van der Waals surface area (Å²) in [5.74, 6) is 0.113. The number of benzene rings is 2. The molecule has 0 unspecified atom stereocenters. The number of halogens is 2. The molecule has 2 nitrogen and oxygen atoms in total. The van der Waals surface area contributed by atoms with E-state index >= 15 is 0 Å². The van der Waals surface area contributed by atoms with Crippen LogP contribution in [0, 0.1) is 17.1 Å². The number of ether oxygens (including phenoxy) is 1. The van der Waals surface area contributed by atoms with Gasteiger partial charge in [0, 0.05) is 5.02 Å². The molecule has 102 valence electrons. The molecule has 0 fully saturated rings. The summed E-state index contributed by atoms with van der Waals surface area (Å²) in [6.07, 6.45) is -0.0171. The number of nitriles is 1. The molecule has 0 aliphatic rings. The van der Waals surface area contributed by atoms with Crippen molar-refractivity contribution in [2.75, 3.05) is 0 Å². The van der Waals surface area contributed by atoms with Crippen LogP contribution < -0.4 is 4.74 Å². The quantitative estimate of drug-likeness (QED) is 0.812. The molecule has 2 aromatic carbocycles. The SMILES string of the molecule is CC(C)Oc1ccc(-c2cc(F)cc(Cl)c2)cc1C#N. The van der Waals surface area contributed by atoms with Gasteiger partial charge in [-0.05, 0) is 55.3 Å². The molecule has 0 N–H and O–H groups in total. The number of hydrogen-bond donors (Lipinski definition) is 0. The van der Waals surface area contributed by atoms with Gasteiger partial charge >= 0.3 is 0 Å². The summed E-state index contributed by atoms with van der Waals surface area (Å²) in [4.78, 5) is 0. The minimum Gasteiger partial charge on any atom is -0.490 e. The van der Waals surface area contributed by atoms with Crippen LogP contribution in [0.3, 0.4) is 0 Å². The third kappa shape index (κ3) is 3.28. The van der Waals surface area contributed by atoms with E-state index in [0.717, 1.165) is 5.56 Å². The van der Waals surface area contributed by atoms with Gasteiger partial charge in [0.05, 0.1) is 11.7 Å². The first-order valence-corrected chi connectivity index (χ1v) is 6.54. The molecule has 0 radical (unpaired) electrons. The Morgan fingerprint density at radius 2 is 1.90 bits per heavy atom. The lowest BCUT2D eigenvalue weighted by molar-refractivity contribution is 0.242. The fourth-order valence-corrected chi connectivity index (χ4v) is 2.10. The summed E-state index contributed by atoms with van der Waals surface area (Å²) in [5.41, 5.74) is 1.76. The zero-order valence-corrected chi connectivity index (χ0v) is 11.9. The lowest BCUT2D eigenvalue weighted by Crippen LogP contribution is -2.06. The maximum Gasteiger partial charge on any atom is 0.137 e. The van der Waals surface area contributed by atoms with Gasteiger partial charge in [-0.25, -0.2) is 4.39 Å². The van der Waals surface area contributed by atoms with Crippen molar-refractivity contribution in [1.82, 2.24) is 0 Å². The van der Waals surface area contributed by atoms with Gasteiger partial charge in [0.25, 0.3) is 0 Å². The Labute approximate surface area is 122 Å². The second kappa shape index (κ2) is 5.94. The van der Waals surface area contributed by atoms with Crippen LogP contribution in [0.4, 0.5) is 4.39 Å². The van der Waals surface area contributed by atoms with E-state index in [0.29, 0.717) is 21.9 Å². The van der Waals surface area contributed by atoms with E-state index < -0.39 is 5.82 Å². The molecule has 4 heteroatoms. The van der Waals surface area contributed by atoms with E-state index in [2.05, 4.69) is 6.07 Å². The van der Waals surface area contributed by atoms with Crippen molar-refractivity contribution in [3.8, 4) is 22.9 Å². The fourth-order valence-electron chi connectivity index (χ4n) is 1.87.